The molecular formula is C6H17CaO2P. The van der Waals surface area contributed by atoms with Crippen molar-refractivity contribution in [1.82, 2.24) is 0 Å². The number of hydrogen-bond donors (Lipinski definition) is 1. The Labute approximate surface area is 95.8 Å². The molecular weight excluding hydrogens is 175 g/mol. The molecule has 0 spiro atoms. The molecule has 0 saturated heterocycles. The first-order valence-corrected chi connectivity index (χ1v) is 5.46. The van der Waals surface area contributed by atoms with Crippen LogP contribution in [0, 0.1) is 0 Å². The first-order chi connectivity index (χ1) is 4.12. The zero-order chi connectivity index (χ0) is 7.33. The van der Waals surface area contributed by atoms with Crippen molar-refractivity contribution < 1.29 is 12.3 Å². The first kappa shape index (κ1) is 14.0. The number of hydrogen-bond acceptors (Lipinski definition) is 1. The zero-order valence-corrected chi connectivity index (χ0v) is 9.94. The summed E-state index contributed by atoms with van der Waals surface area (Å²) in [6, 6.07) is 0. The molecule has 0 aromatic heterocycles. The second kappa shape index (κ2) is 7.12. The van der Waals surface area contributed by atoms with E-state index in [0.29, 0.717) is 12.3 Å². The average molecular weight is 192 g/mol. The quantitative estimate of drug-likeness (QED) is 0.546. The minimum atomic E-state index is -2.69. The summed E-state index contributed by atoms with van der Waals surface area (Å²) in [4.78, 5) is 9.07. The Balaban J connectivity index is -0.000000107. The van der Waals surface area contributed by atoms with Gasteiger partial charge >= 0.3 is 37.7 Å². The Morgan fingerprint density at radius 2 is 1.60 bits per heavy atom. The Morgan fingerprint density at radius 1 is 1.30 bits per heavy atom. The molecule has 0 heterocycles. The van der Waals surface area contributed by atoms with E-state index < -0.39 is 7.37 Å². The van der Waals surface area contributed by atoms with Crippen LogP contribution in [0.2, 0.25) is 0 Å². The normalized spacial score (nSPS) is 10.7. The Morgan fingerprint density at radius 3 is 1.80 bits per heavy atom. The minimum Gasteiger partial charge on any atom is -1.00 e. The first-order valence-electron chi connectivity index (χ1n) is 3.43. The van der Waals surface area contributed by atoms with Gasteiger partial charge in [0.15, 0.2) is 0 Å². The molecule has 0 fully saturated rings. The van der Waals surface area contributed by atoms with Gasteiger partial charge in [-0.1, -0.05) is 13.8 Å². The van der Waals surface area contributed by atoms with Crippen molar-refractivity contribution in [3.63, 3.8) is 0 Å². The Bertz CT molecular complexity index is 114. The molecule has 0 aliphatic rings. The van der Waals surface area contributed by atoms with Crippen molar-refractivity contribution >= 4 is 45.1 Å². The molecule has 0 amide bonds. The molecule has 4 heteroatoms. The summed E-state index contributed by atoms with van der Waals surface area (Å²) in [6.07, 6.45) is 2.60. The maximum absolute atomic E-state index is 11.0. The van der Waals surface area contributed by atoms with Gasteiger partial charge in [0.1, 0.15) is 0 Å². The van der Waals surface area contributed by atoms with E-state index in [2.05, 4.69) is 0 Å². The molecule has 0 atom stereocenters. The van der Waals surface area contributed by atoms with Crippen LogP contribution in [0.25, 0.3) is 0 Å². The van der Waals surface area contributed by atoms with Crippen molar-refractivity contribution in [1.29, 1.82) is 0 Å². The van der Waals surface area contributed by atoms with Gasteiger partial charge in [-0.25, -0.2) is 0 Å². The molecule has 2 nitrogen and oxygen atoms in total. The third-order valence-corrected chi connectivity index (χ3v) is 3.44. The average Bonchev–Trinajstić information content (AvgIpc) is 1.64. The molecule has 10 heavy (non-hydrogen) atoms. The molecule has 0 aromatic rings. The molecule has 0 rings (SSSR count). The van der Waals surface area contributed by atoms with Crippen LogP contribution in [0.4, 0.5) is 0 Å². The van der Waals surface area contributed by atoms with E-state index in [1.165, 1.54) is 0 Å². The van der Waals surface area contributed by atoms with Gasteiger partial charge in [-0.3, -0.25) is 4.57 Å². The van der Waals surface area contributed by atoms with E-state index >= 15 is 0 Å². The molecule has 0 aliphatic carbocycles. The summed E-state index contributed by atoms with van der Waals surface area (Å²) in [5.41, 5.74) is 0. The van der Waals surface area contributed by atoms with Gasteiger partial charge in [-0.05, 0) is 12.8 Å². The van der Waals surface area contributed by atoms with Gasteiger partial charge in [0.05, 0.1) is 0 Å². The van der Waals surface area contributed by atoms with E-state index in [0.717, 1.165) is 12.8 Å². The Hall–Kier alpha value is 1.45. The van der Waals surface area contributed by atoms with Crippen LogP contribution < -0.4 is 0 Å². The molecule has 1 N–H and O–H groups in total. The summed E-state index contributed by atoms with van der Waals surface area (Å²) >= 11 is 0. The van der Waals surface area contributed by atoms with Gasteiger partial charge in [0.2, 0.25) is 7.37 Å². The van der Waals surface area contributed by atoms with E-state index in [4.69, 9.17) is 4.89 Å². The minimum absolute atomic E-state index is 0. The van der Waals surface area contributed by atoms with Gasteiger partial charge in [0.25, 0.3) is 0 Å². The van der Waals surface area contributed by atoms with Crippen molar-refractivity contribution in [2.75, 3.05) is 12.3 Å². The van der Waals surface area contributed by atoms with Gasteiger partial charge in [0, 0.05) is 12.3 Å². The largest absolute Gasteiger partial charge is 2.00 e. The summed E-state index contributed by atoms with van der Waals surface area (Å²) in [5.74, 6) is 0. The summed E-state index contributed by atoms with van der Waals surface area (Å²) in [5, 5.41) is 0. The molecule has 60 valence electrons. The second-order valence-electron chi connectivity index (χ2n) is 2.29. The molecule has 0 aromatic carbocycles. The molecule has 0 saturated carbocycles. The van der Waals surface area contributed by atoms with Crippen LogP contribution in [0.5, 0.6) is 0 Å². The molecule has 0 aliphatic heterocycles. The third kappa shape index (κ3) is 7.56. The van der Waals surface area contributed by atoms with Gasteiger partial charge in [-0.15, -0.1) is 0 Å². The van der Waals surface area contributed by atoms with E-state index in [9.17, 15) is 4.57 Å². The van der Waals surface area contributed by atoms with Gasteiger partial charge < -0.3 is 7.75 Å². The standard InChI is InChI=1S/C6H15O2P.Ca.2H/c1-3-5-9(7,8)6-4-2;;;/h3-6H2,1-2H3,(H,7,8);;;/q;+2;2*-1. The fraction of sp³-hybridized carbons (Fsp3) is 1.00. The predicted octanol–water partition coefficient (Wildman–Crippen LogP) is 1.92. The fourth-order valence-corrected chi connectivity index (χ4v) is 2.43. The van der Waals surface area contributed by atoms with Crippen LogP contribution in [-0.4, -0.2) is 55.0 Å². The van der Waals surface area contributed by atoms with Crippen LogP contribution in [0.3, 0.4) is 0 Å². The maximum Gasteiger partial charge on any atom is 2.00 e. The van der Waals surface area contributed by atoms with Crippen LogP contribution >= 0.6 is 7.37 Å². The molecule has 0 unspecified atom stereocenters. The monoisotopic (exact) mass is 192 g/mol. The van der Waals surface area contributed by atoms with Crippen molar-refractivity contribution in [2.24, 2.45) is 0 Å². The van der Waals surface area contributed by atoms with Crippen molar-refractivity contribution in [3.8, 4) is 0 Å². The second-order valence-corrected chi connectivity index (χ2v) is 4.88. The molecule has 0 bridgehead atoms. The molecule has 0 radical (unpaired) electrons. The van der Waals surface area contributed by atoms with Gasteiger partial charge in [-0.2, -0.15) is 0 Å². The Kier molecular flexibility index (Phi) is 9.97. The van der Waals surface area contributed by atoms with Crippen molar-refractivity contribution in [3.05, 3.63) is 0 Å². The predicted molar refractivity (Wildman–Crippen MR) is 48.1 cm³/mol. The fourth-order valence-electron chi connectivity index (χ4n) is 0.811. The summed E-state index contributed by atoms with van der Waals surface area (Å²) < 4.78 is 11.0. The SMILES string of the molecule is CCCP(=O)(O)CCC.[Ca+2].[H-].[H-]. The van der Waals surface area contributed by atoms with E-state index in [1.54, 1.807) is 0 Å². The van der Waals surface area contributed by atoms with Crippen LogP contribution in [-0.2, 0) is 4.57 Å². The van der Waals surface area contributed by atoms with E-state index in [1.807, 2.05) is 13.8 Å². The third-order valence-electron chi connectivity index (χ3n) is 1.15. The van der Waals surface area contributed by atoms with Crippen LogP contribution in [0.1, 0.15) is 29.5 Å². The van der Waals surface area contributed by atoms with Crippen LogP contribution in [0.15, 0.2) is 0 Å². The van der Waals surface area contributed by atoms with Crippen molar-refractivity contribution in [2.45, 2.75) is 26.7 Å². The summed E-state index contributed by atoms with van der Waals surface area (Å²) in [6.45, 7) is 3.86. The zero-order valence-electron chi connectivity index (χ0n) is 8.84. The smallest absolute Gasteiger partial charge is 1.00 e. The number of rotatable bonds is 4. The van der Waals surface area contributed by atoms with E-state index in [-0.39, 0.29) is 40.6 Å². The maximum atomic E-state index is 11.0. The summed E-state index contributed by atoms with van der Waals surface area (Å²) in [7, 11) is -2.69. The topological polar surface area (TPSA) is 37.3 Å².